The quantitative estimate of drug-likeness (QED) is 0.791. The number of hydrogen-bond acceptors (Lipinski definition) is 3. The molecule has 1 amide bonds. The summed E-state index contributed by atoms with van der Waals surface area (Å²) in [6.07, 6.45) is 3.52. The highest BCUT2D eigenvalue weighted by Gasteiger charge is 2.31. The van der Waals surface area contributed by atoms with Gasteiger partial charge >= 0.3 is 0 Å². The van der Waals surface area contributed by atoms with Crippen molar-refractivity contribution in [3.8, 4) is 11.4 Å². The van der Waals surface area contributed by atoms with Gasteiger partial charge in [-0.1, -0.05) is 36.4 Å². The van der Waals surface area contributed by atoms with Gasteiger partial charge in [-0.15, -0.1) is 0 Å². The molecule has 26 heavy (non-hydrogen) atoms. The summed E-state index contributed by atoms with van der Waals surface area (Å²) in [6.45, 7) is 0.666. The molecule has 1 aliphatic heterocycles. The molecular weight excluding hydrogens is 326 g/mol. The van der Waals surface area contributed by atoms with Gasteiger partial charge in [-0.25, -0.2) is 0 Å². The molecule has 0 aliphatic carbocycles. The number of amides is 1. The molecule has 1 fully saturated rings. The highest BCUT2D eigenvalue weighted by molar-refractivity contribution is 5.94. The average molecular weight is 345 g/mol. The smallest absolute Gasteiger partial charge is 0.261 e. The lowest BCUT2D eigenvalue weighted by Gasteiger charge is -2.25. The molecule has 1 saturated heterocycles. The fourth-order valence-corrected chi connectivity index (χ4v) is 3.50. The molecule has 3 heterocycles. The van der Waals surface area contributed by atoms with Crippen molar-refractivity contribution < 1.29 is 4.79 Å². The third-order valence-electron chi connectivity index (χ3n) is 4.78. The molecular formula is C21H19N3O2. The number of aromatic amines is 1. The van der Waals surface area contributed by atoms with Crippen LogP contribution in [0.2, 0.25) is 0 Å². The lowest BCUT2D eigenvalue weighted by atomic mass is 10.0. The van der Waals surface area contributed by atoms with Gasteiger partial charge in [0.15, 0.2) is 0 Å². The molecule has 5 nitrogen and oxygen atoms in total. The minimum atomic E-state index is -0.378. The number of aromatic nitrogens is 2. The van der Waals surface area contributed by atoms with E-state index in [2.05, 4.69) is 9.97 Å². The largest absolute Gasteiger partial charge is 0.331 e. The topological polar surface area (TPSA) is 66.1 Å². The van der Waals surface area contributed by atoms with Crippen molar-refractivity contribution >= 4 is 5.91 Å². The fourth-order valence-electron chi connectivity index (χ4n) is 3.50. The molecule has 1 N–H and O–H groups in total. The first-order chi connectivity index (χ1) is 12.7. The number of benzene rings is 1. The summed E-state index contributed by atoms with van der Waals surface area (Å²) in [6, 6.07) is 18.8. The van der Waals surface area contributed by atoms with Crippen LogP contribution in [0.3, 0.4) is 0 Å². The van der Waals surface area contributed by atoms with Crippen LogP contribution in [-0.4, -0.2) is 27.3 Å². The molecule has 1 atom stereocenters. The van der Waals surface area contributed by atoms with Crippen molar-refractivity contribution in [1.82, 2.24) is 14.9 Å². The Balaban J connectivity index is 1.63. The van der Waals surface area contributed by atoms with Crippen LogP contribution in [0.25, 0.3) is 11.4 Å². The van der Waals surface area contributed by atoms with Crippen LogP contribution >= 0.6 is 0 Å². The SMILES string of the molecule is O=C(c1ccc(-c2ccccn2)[nH]c1=O)N1CCC[C@@H]1c1ccccc1. The Morgan fingerprint density at radius 1 is 1.04 bits per heavy atom. The molecule has 0 radical (unpaired) electrons. The van der Waals surface area contributed by atoms with E-state index in [0.29, 0.717) is 17.9 Å². The normalized spacial score (nSPS) is 16.6. The van der Waals surface area contributed by atoms with Crippen LogP contribution < -0.4 is 5.56 Å². The summed E-state index contributed by atoms with van der Waals surface area (Å²) < 4.78 is 0. The average Bonchev–Trinajstić information content (AvgIpc) is 3.19. The van der Waals surface area contributed by atoms with Gasteiger partial charge < -0.3 is 9.88 Å². The second-order valence-corrected chi connectivity index (χ2v) is 6.40. The van der Waals surface area contributed by atoms with Crippen molar-refractivity contribution in [2.45, 2.75) is 18.9 Å². The number of H-pyrrole nitrogens is 1. The number of likely N-dealkylation sites (tertiary alicyclic amines) is 1. The first kappa shape index (κ1) is 16.3. The van der Waals surface area contributed by atoms with Gasteiger partial charge in [0, 0.05) is 12.7 Å². The van der Waals surface area contributed by atoms with E-state index >= 15 is 0 Å². The zero-order valence-electron chi connectivity index (χ0n) is 14.3. The van der Waals surface area contributed by atoms with E-state index in [1.54, 1.807) is 23.2 Å². The molecule has 0 saturated carbocycles. The van der Waals surface area contributed by atoms with Crippen LogP contribution in [0.1, 0.15) is 34.8 Å². The Morgan fingerprint density at radius 3 is 2.58 bits per heavy atom. The van der Waals surface area contributed by atoms with Gasteiger partial charge in [0.05, 0.1) is 17.4 Å². The van der Waals surface area contributed by atoms with E-state index in [1.165, 1.54) is 0 Å². The van der Waals surface area contributed by atoms with Crippen molar-refractivity contribution in [1.29, 1.82) is 0 Å². The van der Waals surface area contributed by atoms with Gasteiger partial charge in [-0.05, 0) is 42.7 Å². The van der Waals surface area contributed by atoms with Gasteiger partial charge in [0.25, 0.3) is 11.5 Å². The van der Waals surface area contributed by atoms with E-state index in [-0.39, 0.29) is 23.1 Å². The number of rotatable bonds is 3. The maximum atomic E-state index is 13.0. The molecule has 130 valence electrons. The highest BCUT2D eigenvalue weighted by Crippen LogP contribution is 2.32. The van der Waals surface area contributed by atoms with Crippen LogP contribution in [-0.2, 0) is 0 Å². The summed E-state index contributed by atoms with van der Waals surface area (Å²) >= 11 is 0. The second-order valence-electron chi connectivity index (χ2n) is 6.40. The Labute approximate surface area is 151 Å². The summed E-state index contributed by atoms with van der Waals surface area (Å²) in [7, 11) is 0. The number of pyridine rings is 2. The predicted octanol–water partition coefficient (Wildman–Crippen LogP) is 3.41. The molecule has 1 aliphatic rings. The lowest BCUT2D eigenvalue weighted by Crippen LogP contribution is -2.34. The zero-order valence-corrected chi connectivity index (χ0v) is 14.3. The van der Waals surface area contributed by atoms with E-state index < -0.39 is 0 Å². The maximum absolute atomic E-state index is 13.0. The molecule has 1 aromatic carbocycles. The van der Waals surface area contributed by atoms with Crippen LogP contribution in [0, 0.1) is 0 Å². The molecule has 2 aromatic heterocycles. The Bertz CT molecular complexity index is 967. The van der Waals surface area contributed by atoms with E-state index in [1.807, 2.05) is 48.5 Å². The fraction of sp³-hybridized carbons (Fsp3) is 0.190. The van der Waals surface area contributed by atoms with Gasteiger partial charge in [0.2, 0.25) is 0 Å². The van der Waals surface area contributed by atoms with Crippen LogP contribution in [0.15, 0.2) is 71.7 Å². The molecule has 0 spiro atoms. The Morgan fingerprint density at radius 2 is 1.85 bits per heavy atom. The van der Waals surface area contributed by atoms with Crippen molar-refractivity contribution in [3.63, 3.8) is 0 Å². The Kier molecular flexibility index (Phi) is 4.35. The third kappa shape index (κ3) is 3.04. The number of carbonyl (C=O) groups is 1. The molecule has 4 rings (SSSR count). The van der Waals surface area contributed by atoms with Crippen LogP contribution in [0.5, 0.6) is 0 Å². The summed E-state index contributed by atoms with van der Waals surface area (Å²) in [5.74, 6) is -0.217. The second kappa shape index (κ2) is 6.96. The number of nitrogens with zero attached hydrogens (tertiary/aromatic N) is 2. The van der Waals surface area contributed by atoms with Crippen LogP contribution in [0.4, 0.5) is 0 Å². The van der Waals surface area contributed by atoms with E-state index in [9.17, 15) is 9.59 Å². The number of nitrogens with one attached hydrogen (secondary N) is 1. The van der Waals surface area contributed by atoms with Crippen molar-refractivity contribution in [2.24, 2.45) is 0 Å². The maximum Gasteiger partial charge on any atom is 0.261 e. The third-order valence-corrected chi connectivity index (χ3v) is 4.78. The standard InChI is InChI=1S/C21H19N3O2/c25-20-16(11-12-18(23-20)17-9-4-5-13-22-17)21(26)24-14-6-10-19(24)15-7-2-1-3-8-15/h1-5,7-9,11-13,19H,6,10,14H2,(H,23,25)/t19-/m1/s1. The molecule has 0 unspecified atom stereocenters. The lowest BCUT2D eigenvalue weighted by molar-refractivity contribution is 0.0734. The van der Waals surface area contributed by atoms with Crippen molar-refractivity contribution in [3.05, 3.63) is 88.3 Å². The number of hydrogen-bond donors (Lipinski definition) is 1. The minimum absolute atomic E-state index is 0.0265. The first-order valence-electron chi connectivity index (χ1n) is 8.75. The summed E-state index contributed by atoms with van der Waals surface area (Å²) in [5.41, 5.74) is 2.18. The van der Waals surface area contributed by atoms with E-state index in [0.717, 1.165) is 18.4 Å². The monoisotopic (exact) mass is 345 g/mol. The summed E-state index contributed by atoms with van der Waals surface area (Å²) in [5, 5.41) is 0. The first-order valence-corrected chi connectivity index (χ1v) is 8.75. The molecule has 0 bridgehead atoms. The van der Waals surface area contributed by atoms with Gasteiger partial charge in [-0.3, -0.25) is 14.6 Å². The number of carbonyl (C=O) groups excluding carboxylic acids is 1. The van der Waals surface area contributed by atoms with Gasteiger partial charge in [0.1, 0.15) is 5.56 Å². The van der Waals surface area contributed by atoms with Crippen molar-refractivity contribution in [2.75, 3.05) is 6.54 Å². The van der Waals surface area contributed by atoms with Gasteiger partial charge in [-0.2, -0.15) is 0 Å². The minimum Gasteiger partial charge on any atom is -0.331 e. The predicted molar refractivity (Wildman–Crippen MR) is 99.7 cm³/mol. The zero-order chi connectivity index (χ0) is 17.9. The summed E-state index contributed by atoms with van der Waals surface area (Å²) in [4.78, 5) is 34.3. The Hall–Kier alpha value is -3.21. The highest BCUT2D eigenvalue weighted by atomic mass is 16.2. The van der Waals surface area contributed by atoms with E-state index in [4.69, 9.17) is 0 Å². The molecule has 3 aromatic rings. The molecule has 5 heteroatoms.